The minimum atomic E-state index is 0.193. The van der Waals surface area contributed by atoms with Crippen LogP contribution in [-0.2, 0) is 0 Å². The summed E-state index contributed by atoms with van der Waals surface area (Å²) >= 11 is 0. The highest BCUT2D eigenvalue weighted by Crippen LogP contribution is 2.24. The van der Waals surface area contributed by atoms with Crippen LogP contribution < -0.4 is 16.4 Å². The van der Waals surface area contributed by atoms with Crippen molar-refractivity contribution in [3.05, 3.63) is 18.0 Å². The first kappa shape index (κ1) is 15.4. The molecule has 0 spiro atoms. The third kappa shape index (κ3) is 3.48. The van der Waals surface area contributed by atoms with Gasteiger partial charge >= 0.3 is 0 Å². The standard InChI is InChI=1S/C16H21N7/c1-9(2)20-15-14-10(5-13(7-17)21-15)8-19-16(23-14)22-12-4-3-11(18)6-12/h5,8-9,11-12H,3-4,6,18H2,1-2H3,(H,20,21)(H,19,22,23)/t11-,12-/m0/s1. The van der Waals surface area contributed by atoms with Gasteiger partial charge in [0, 0.05) is 29.7 Å². The van der Waals surface area contributed by atoms with E-state index in [4.69, 9.17) is 11.0 Å². The normalized spacial score (nSPS) is 20.7. The smallest absolute Gasteiger partial charge is 0.223 e. The lowest BCUT2D eigenvalue weighted by atomic mass is 10.2. The fourth-order valence-corrected chi connectivity index (χ4v) is 2.87. The van der Waals surface area contributed by atoms with Crippen molar-refractivity contribution in [2.24, 2.45) is 5.73 Å². The Kier molecular flexibility index (Phi) is 4.26. The van der Waals surface area contributed by atoms with Crippen molar-refractivity contribution in [1.82, 2.24) is 15.0 Å². The maximum absolute atomic E-state index is 9.12. The topological polar surface area (TPSA) is 113 Å². The summed E-state index contributed by atoms with van der Waals surface area (Å²) < 4.78 is 0. The van der Waals surface area contributed by atoms with Gasteiger partial charge in [0.1, 0.15) is 17.3 Å². The van der Waals surface area contributed by atoms with Crippen molar-refractivity contribution in [2.75, 3.05) is 10.6 Å². The van der Waals surface area contributed by atoms with E-state index in [-0.39, 0.29) is 12.1 Å². The van der Waals surface area contributed by atoms with Gasteiger partial charge in [-0.1, -0.05) is 0 Å². The summed E-state index contributed by atoms with van der Waals surface area (Å²) in [5, 5.41) is 16.5. The van der Waals surface area contributed by atoms with E-state index in [0.29, 0.717) is 23.5 Å². The molecule has 3 rings (SSSR count). The second kappa shape index (κ2) is 6.34. The minimum Gasteiger partial charge on any atom is -0.366 e. The number of nitrogens with zero attached hydrogens (tertiary/aromatic N) is 4. The highest BCUT2D eigenvalue weighted by molar-refractivity contribution is 5.89. The largest absolute Gasteiger partial charge is 0.366 e. The molecule has 1 aliphatic carbocycles. The van der Waals surface area contributed by atoms with Crippen LogP contribution in [0.15, 0.2) is 12.3 Å². The molecular weight excluding hydrogens is 290 g/mol. The van der Waals surface area contributed by atoms with Crippen molar-refractivity contribution >= 4 is 22.7 Å². The van der Waals surface area contributed by atoms with E-state index < -0.39 is 0 Å². The van der Waals surface area contributed by atoms with Gasteiger partial charge < -0.3 is 16.4 Å². The molecule has 0 aromatic carbocycles. The van der Waals surface area contributed by atoms with Crippen LogP contribution >= 0.6 is 0 Å². The number of nitrogens with one attached hydrogen (secondary N) is 2. The molecule has 0 unspecified atom stereocenters. The van der Waals surface area contributed by atoms with Crippen LogP contribution in [0, 0.1) is 11.3 Å². The first-order chi connectivity index (χ1) is 11.0. The molecule has 7 heteroatoms. The Morgan fingerprint density at radius 3 is 2.83 bits per heavy atom. The lowest BCUT2D eigenvalue weighted by Gasteiger charge is -2.15. The van der Waals surface area contributed by atoms with Gasteiger partial charge in [0.05, 0.1) is 0 Å². The number of nitrogens with two attached hydrogens (primary N) is 1. The van der Waals surface area contributed by atoms with Crippen LogP contribution in [0.25, 0.3) is 10.9 Å². The number of pyridine rings is 1. The predicted molar refractivity (Wildman–Crippen MR) is 90.0 cm³/mol. The zero-order chi connectivity index (χ0) is 16.4. The minimum absolute atomic E-state index is 0.193. The molecule has 0 amide bonds. The quantitative estimate of drug-likeness (QED) is 0.791. The number of hydrogen-bond acceptors (Lipinski definition) is 7. The van der Waals surface area contributed by atoms with Crippen LogP contribution in [0.1, 0.15) is 38.8 Å². The lowest BCUT2D eigenvalue weighted by molar-refractivity contribution is 0.685. The summed E-state index contributed by atoms with van der Waals surface area (Å²) in [5.74, 6) is 1.19. The zero-order valence-corrected chi connectivity index (χ0v) is 13.4. The molecule has 2 atom stereocenters. The summed E-state index contributed by atoms with van der Waals surface area (Å²) in [4.78, 5) is 13.3. The molecule has 23 heavy (non-hydrogen) atoms. The fraction of sp³-hybridized carbons (Fsp3) is 0.500. The van der Waals surface area contributed by atoms with Crippen LogP contribution in [-0.4, -0.2) is 33.1 Å². The molecule has 1 saturated carbocycles. The second-order valence-corrected chi connectivity index (χ2v) is 6.31. The third-order valence-electron chi connectivity index (χ3n) is 3.91. The van der Waals surface area contributed by atoms with E-state index in [1.54, 1.807) is 12.3 Å². The molecule has 1 aliphatic rings. The molecule has 1 fully saturated rings. The summed E-state index contributed by atoms with van der Waals surface area (Å²) in [6.45, 7) is 4.04. The molecular formula is C16H21N7. The summed E-state index contributed by atoms with van der Waals surface area (Å²) in [6.07, 6.45) is 4.72. The Morgan fingerprint density at radius 2 is 2.17 bits per heavy atom. The number of anilines is 2. The molecule has 2 heterocycles. The molecule has 4 N–H and O–H groups in total. The van der Waals surface area contributed by atoms with E-state index in [1.807, 2.05) is 13.8 Å². The van der Waals surface area contributed by atoms with Crippen LogP contribution in [0.4, 0.5) is 11.8 Å². The number of hydrogen-bond donors (Lipinski definition) is 3. The number of nitriles is 1. The molecule has 0 aliphatic heterocycles. The number of fused-ring (bicyclic) bond motifs is 1. The highest BCUT2D eigenvalue weighted by Gasteiger charge is 2.22. The first-order valence-corrected chi connectivity index (χ1v) is 7.91. The van der Waals surface area contributed by atoms with Crippen LogP contribution in [0.3, 0.4) is 0 Å². The van der Waals surface area contributed by atoms with E-state index >= 15 is 0 Å². The second-order valence-electron chi connectivity index (χ2n) is 6.31. The molecule has 2 aromatic heterocycles. The average molecular weight is 311 g/mol. The van der Waals surface area contributed by atoms with Gasteiger partial charge in [-0.15, -0.1) is 0 Å². The molecule has 0 radical (unpaired) electrons. The zero-order valence-electron chi connectivity index (χ0n) is 13.4. The van der Waals surface area contributed by atoms with Gasteiger partial charge in [0.25, 0.3) is 0 Å². The van der Waals surface area contributed by atoms with E-state index in [9.17, 15) is 0 Å². The Morgan fingerprint density at radius 1 is 1.35 bits per heavy atom. The van der Waals surface area contributed by atoms with Gasteiger partial charge in [-0.25, -0.2) is 15.0 Å². The highest BCUT2D eigenvalue weighted by atomic mass is 15.1. The maximum Gasteiger partial charge on any atom is 0.223 e. The first-order valence-electron chi connectivity index (χ1n) is 7.91. The monoisotopic (exact) mass is 311 g/mol. The summed E-state index contributed by atoms with van der Waals surface area (Å²) in [6, 6.07) is 4.54. The third-order valence-corrected chi connectivity index (χ3v) is 3.91. The van der Waals surface area contributed by atoms with Crippen molar-refractivity contribution < 1.29 is 0 Å². The van der Waals surface area contributed by atoms with Crippen molar-refractivity contribution in [2.45, 2.75) is 51.2 Å². The van der Waals surface area contributed by atoms with Gasteiger partial charge in [-0.2, -0.15) is 5.26 Å². The van der Waals surface area contributed by atoms with Gasteiger partial charge in [-0.3, -0.25) is 0 Å². The van der Waals surface area contributed by atoms with Crippen LogP contribution in [0.2, 0.25) is 0 Å². The molecule has 2 aromatic rings. The lowest BCUT2D eigenvalue weighted by Crippen LogP contribution is -2.21. The predicted octanol–water partition coefficient (Wildman–Crippen LogP) is 2.01. The van der Waals surface area contributed by atoms with Crippen LogP contribution in [0.5, 0.6) is 0 Å². The van der Waals surface area contributed by atoms with Crippen molar-refractivity contribution in [3.63, 3.8) is 0 Å². The molecule has 0 bridgehead atoms. The van der Waals surface area contributed by atoms with E-state index in [0.717, 1.165) is 30.2 Å². The molecule has 7 nitrogen and oxygen atoms in total. The Bertz CT molecular complexity index is 750. The Balaban J connectivity index is 1.95. The SMILES string of the molecule is CC(C)Nc1nc(C#N)cc2cnc(N[C@H]3CC[C@H](N)C3)nc12. The fourth-order valence-electron chi connectivity index (χ4n) is 2.87. The Labute approximate surface area is 135 Å². The van der Waals surface area contributed by atoms with E-state index in [1.165, 1.54) is 0 Å². The van der Waals surface area contributed by atoms with Gasteiger partial charge in [0.15, 0.2) is 5.82 Å². The Hall–Kier alpha value is -2.46. The number of aromatic nitrogens is 3. The van der Waals surface area contributed by atoms with Gasteiger partial charge in [0.2, 0.25) is 5.95 Å². The molecule has 0 saturated heterocycles. The summed E-state index contributed by atoms with van der Waals surface area (Å²) in [7, 11) is 0. The van der Waals surface area contributed by atoms with Crippen molar-refractivity contribution in [3.8, 4) is 6.07 Å². The average Bonchev–Trinajstić information content (AvgIpc) is 2.92. The van der Waals surface area contributed by atoms with Crippen molar-refractivity contribution in [1.29, 1.82) is 5.26 Å². The maximum atomic E-state index is 9.12. The van der Waals surface area contributed by atoms with Gasteiger partial charge in [-0.05, 0) is 39.2 Å². The molecule has 120 valence electrons. The van der Waals surface area contributed by atoms with E-state index in [2.05, 4.69) is 31.7 Å². The number of rotatable bonds is 4. The summed E-state index contributed by atoms with van der Waals surface area (Å²) in [5.41, 5.74) is 7.02.